The lowest BCUT2D eigenvalue weighted by atomic mass is 10.2. The number of halogens is 1. The molecule has 1 saturated carbocycles. The monoisotopic (exact) mass is 272 g/mol. The highest BCUT2D eigenvalue weighted by molar-refractivity contribution is 7.89. The number of sulfonamides is 1. The number of hydrogen-bond donors (Lipinski definition) is 1. The zero-order valence-electron chi connectivity index (χ0n) is 10.5. The lowest BCUT2D eigenvalue weighted by Crippen LogP contribution is -2.29. The molecule has 0 atom stereocenters. The van der Waals surface area contributed by atoms with Crippen LogP contribution in [0.5, 0.6) is 0 Å². The molecule has 1 N–H and O–H groups in total. The Labute approximate surface area is 107 Å². The van der Waals surface area contributed by atoms with Crippen LogP contribution in [0.2, 0.25) is 0 Å². The van der Waals surface area contributed by atoms with Gasteiger partial charge in [-0.2, -0.15) is 4.31 Å². The van der Waals surface area contributed by atoms with Crippen LogP contribution in [0.15, 0.2) is 23.1 Å². The van der Waals surface area contributed by atoms with Gasteiger partial charge >= 0.3 is 0 Å². The summed E-state index contributed by atoms with van der Waals surface area (Å²) in [4.78, 5) is 0.156. The van der Waals surface area contributed by atoms with Crippen LogP contribution in [0, 0.1) is 5.82 Å². The summed E-state index contributed by atoms with van der Waals surface area (Å²) in [5, 5.41) is 2.82. The quantitative estimate of drug-likeness (QED) is 0.879. The molecule has 0 saturated heterocycles. The van der Waals surface area contributed by atoms with Crippen molar-refractivity contribution in [2.45, 2.75) is 30.3 Å². The van der Waals surface area contributed by atoms with Gasteiger partial charge in [0.05, 0.1) is 4.90 Å². The minimum atomic E-state index is -3.49. The normalized spacial score (nSPS) is 16.2. The van der Waals surface area contributed by atoms with E-state index in [0.717, 1.165) is 12.8 Å². The SMILES string of the molecule is CNCc1cc(S(=O)(=O)N(C)C2CC2)ccc1F. The van der Waals surface area contributed by atoms with Crippen LogP contribution < -0.4 is 5.32 Å². The lowest BCUT2D eigenvalue weighted by molar-refractivity contribution is 0.464. The molecule has 0 bridgehead atoms. The molecular weight excluding hydrogens is 255 g/mol. The average Bonchev–Trinajstić information content (AvgIpc) is 3.15. The van der Waals surface area contributed by atoms with E-state index in [1.54, 1.807) is 14.1 Å². The van der Waals surface area contributed by atoms with Gasteiger partial charge in [0, 0.05) is 25.2 Å². The number of benzene rings is 1. The summed E-state index contributed by atoms with van der Waals surface area (Å²) in [5.41, 5.74) is 0.364. The summed E-state index contributed by atoms with van der Waals surface area (Å²) in [6.45, 7) is 0.308. The van der Waals surface area contributed by atoms with Crippen molar-refractivity contribution < 1.29 is 12.8 Å². The Morgan fingerprint density at radius 1 is 1.44 bits per heavy atom. The van der Waals surface area contributed by atoms with Crippen LogP contribution in [0.25, 0.3) is 0 Å². The van der Waals surface area contributed by atoms with Crippen LogP contribution in [-0.4, -0.2) is 32.9 Å². The number of hydrogen-bond acceptors (Lipinski definition) is 3. The molecule has 18 heavy (non-hydrogen) atoms. The Kier molecular flexibility index (Phi) is 3.70. The van der Waals surface area contributed by atoms with Crippen molar-refractivity contribution in [3.8, 4) is 0 Å². The fourth-order valence-corrected chi connectivity index (χ4v) is 3.31. The Hall–Kier alpha value is -0.980. The van der Waals surface area contributed by atoms with E-state index < -0.39 is 15.8 Å². The minimum absolute atomic E-state index is 0.104. The van der Waals surface area contributed by atoms with Gasteiger partial charge in [-0.3, -0.25) is 0 Å². The second-order valence-electron chi connectivity index (χ2n) is 4.54. The van der Waals surface area contributed by atoms with Crippen LogP contribution in [0.3, 0.4) is 0 Å². The zero-order valence-corrected chi connectivity index (χ0v) is 11.3. The molecule has 1 aliphatic carbocycles. The first kappa shape index (κ1) is 13.5. The van der Waals surface area contributed by atoms with Crippen molar-refractivity contribution in [1.82, 2.24) is 9.62 Å². The summed E-state index contributed by atoms with van der Waals surface area (Å²) in [6, 6.07) is 4.04. The van der Waals surface area contributed by atoms with E-state index in [1.807, 2.05) is 0 Å². The van der Waals surface area contributed by atoms with Gasteiger partial charge in [0.2, 0.25) is 10.0 Å². The van der Waals surface area contributed by atoms with E-state index in [9.17, 15) is 12.8 Å². The predicted molar refractivity (Wildman–Crippen MR) is 67.1 cm³/mol. The first-order valence-corrected chi connectivity index (χ1v) is 7.32. The van der Waals surface area contributed by atoms with Gasteiger partial charge in [-0.1, -0.05) is 0 Å². The van der Waals surface area contributed by atoms with E-state index >= 15 is 0 Å². The Balaban J connectivity index is 2.35. The molecule has 0 unspecified atom stereocenters. The fourth-order valence-electron chi connectivity index (χ4n) is 1.84. The van der Waals surface area contributed by atoms with Gasteiger partial charge in [-0.05, 0) is 38.1 Å². The van der Waals surface area contributed by atoms with Crippen molar-refractivity contribution in [1.29, 1.82) is 0 Å². The zero-order chi connectivity index (χ0) is 13.3. The van der Waals surface area contributed by atoms with Gasteiger partial charge in [0.25, 0.3) is 0 Å². The van der Waals surface area contributed by atoms with E-state index in [2.05, 4.69) is 5.32 Å². The van der Waals surface area contributed by atoms with E-state index in [4.69, 9.17) is 0 Å². The molecule has 0 spiro atoms. The molecule has 100 valence electrons. The Morgan fingerprint density at radius 2 is 2.11 bits per heavy atom. The maximum Gasteiger partial charge on any atom is 0.243 e. The maximum atomic E-state index is 13.5. The molecule has 6 heteroatoms. The van der Waals surface area contributed by atoms with Crippen molar-refractivity contribution in [3.05, 3.63) is 29.6 Å². The third-order valence-corrected chi connectivity index (χ3v) is 5.03. The molecule has 2 rings (SSSR count). The van der Waals surface area contributed by atoms with Gasteiger partial charge in [0.1, 0.15) is 5.82 Å². The second-order valence-corrected chi connectivity index (χ2v) is 6.53. The third-order valence-electron chi connectivity index (χ3n) is 3.12. The third kappa shape index (κ3) is 2.55. The lowest BCUT2D eigenvalue weighted by Gasteiger charge is -2.17. The average molecular weight is 272 g/mol. The topological polar surface area (TPSA) is 49.4 Å². The predicted octanol–water partition coefficient (Wildman–Crippen LogP) is 1.33. The highest BCUT2D eigenvalue weighted by Crippen LogP contribution is 2.30. The molecule has 1 aliphatic rings. The van der Waals surface area contributed by atoms with Crippen LogP contribution in [0.4, 0.5) is 4.39 Å². The highest BCUT2D eigenvalue weighted by atomic mass is 32.2. The molecule has 4 nitrogen and oxygen atoms in total. The van der Waals surface area contributed by atoms with Crippen molar-refractivity contribution in [3.63, 3.8) is 0 Å². The molecule has 0 heterocycles. The highest BCUT2D eigenvalue weighted by Gasteiger charge is 2.35. The molecular formula is C12H17FN2O2S. The van der Waals surface area contributed by atoms with Gasteiger partial charge in [-0.15, -0.1) is 0 Å². The number of rotatable bonds is 5. The summed E-state index contributed by atoms with van der Waals surface area (Å²) in [7, 11) is -0.226. The van der Waals surface area contributed by atoms with Gasteiger partial charge in [-0.25, -0.2) is 12.8 Å². The van der Waals surface area contributed by atoms with E-state index in [0.29, 0.717) is 12.1 Å². The smallest absolute Gasteiger partial charge is 0.243 e. The van der Waals surface area contributed by atoms with Crippen LogP contribution in [-0.2, 0) is 16.6 Å². The van der Waals surface area contributed by atoms with Crippen molar-refractivity contribution in [2.75, 3.05) is 14.1 Å². The van der Waals surface area contributed by atoms with E-state index in [1.165, 1.54) is 22.5 Å². The van der Waals surface area contributed by atoms with Crippen LogP contribution in [0.1, 0.15) is 18.4 Å². The first-order valence-electron chi connectivity index (χ1n) is 5.88. The molecule has 1 aromatic carbocycles. The molecule has 0 radical (unpaired) electrons. The molecule has 0 amide bonds. The number of nitrogens with one attached hydrogen (secondary N) is 1. The first-order chi connectivity index (χ1) is 8.46. The van der Waals surface area contributed by atoms with E-state index in [-0.39, 0.29) is 10.9 Å². The Morgan fingerprint density at radius 3 is 2.67 bits per heavy atom. The summed E-state index contributed by atoms with van der Waals surface area (Å²) < 4.78 is 39.4. The standard InChI is InChI=1S/C12H17FN2O2S/c1-14-8-9-7-11(5-6-12(9)13)18(16,17)15(2)10-3-4-10/h5-7,10,14H,3-4,8H2,1-2H3. The molecule has 1 fully saturated rings. The second kappa shape index (κ2) is 4.95. The molecule has 0 aromatic heterocycles. The summed E-state index contributed by atoms with van der Waals surface area (Å²) in [6.07, 6.45) is 1.81. The maximum absolute atomic E-state index is 13.5. The number of nitrogens with zero attached hydrogens (tertiary/aromatic N) is 1. The van der Waals surface area contributed by atoms with Crippen molar-refractivity contribution >= 4 is 10.0 Å². The summed E-state index contributed by atoms with van der Waals surface area (Å²) in [5.74, 6) is -0.391. The largest absolute Gasteiger partial charge is 0.316 e. The minimum Gasteiger partial charge on any atom is -0.316 e. The van der Waals surface area contributed by atoms with Crippen molar-refractivity contribution in [2.24, 2.45) is 0 Å². The van der Waals surface area contributed by atoms with Gasteiger partial charge in [0.15, 0.2) is 0 Å². The summed E-state index contributed by atoms with van der Waals surface area (Å²) >= 11 is 0. The van der Waals surface area contributed by atoms with Gasteiger partial charge < -0.3 is 5.32 Å². The Bertz CT molecular complexity index is 541. The fraction of sp³-hybridized carbons (Fsp3) is 0.500. The molecule has 1 aromatic rings. The van der Waals surface area contributed by atoms with Crippen LogP contribution >= 0.6 is 0 Å². The molecule has 0 aliphatic heterocycles.